The molecule has 1 atom stereocenters. The molecule has 0 saturated carbocycles. The summed E-state index contributed by atoms with van der Waals surface area (Å²) >= 11 is 0. The van der Waals surface area contributed by atoms with Gasteiger partial charge in [-0.05, 0) is 51.6 Å². The Kier molecular flexibility index (Phi) is 3.64. The van der Waals surface area contributed by atoms with Crippen LogP contribution in [-0.4, -0.2) is 22.4 Å². The molecule has 2 heterocycles. The zero-order valence-corrected chi connectivity index (χ0v) is 10.7. The normalized spacial score (nSPS) is 21.3. The van der Waals surface area contributed by atoms with E-state index in [4.69, 9.17) is 0 Å². The number of piperidine rings is 1. The minimum absolute atomic E-state index is 0.729. The highest BCUT2D eigenvalue weighted by Crippen LogP contribution is 2.17. The lowest BCUT2D eigenvalue weighted by atomic mass is 9.97. The van der Waals surface area contributed by atoms with Crippen LogP contribution in [0, 0.1) is 13.8 Å². The minimum Gasteiger partial charge on any atom is -0.314 e. The quantitative estimate of drug-likeness (QED) is 0.847. The molecule has 2 rings (SSSR count). The third-order valence-electron chi connectivity index (χ3n) is 3.81. The van der Waals surface area contributed by atoms with Crippen molar-refractivity contribution in [3.63, 3.8) is 0 Å². The summed E-state index contributed by atoms with van der Waals surface area (Å²) in [5.74, 6) is 0. The predicted octanol–water partition coefficient (Wildman–Crippen LogP) is 2.11. The van der Waals surface area contributed by atoms with Crippen LogP contribution in [0.4, 0.5) is 0 Å². The minimum atomic E-state index is 0.729. The van der Waals surface area contributed by atoms with Gasteiger partial charge in [-0.1, -0.05) is 6.42 Å². The van der Waals surface area contributed by atoms with E-state index in [1.807, 2.05) is 11.7 Å². The van der Waals surface area contributed by atoms with Gasteiger partial charge in [-0.3, -0.25) is 4.68 Å². The summed E-state index contributed by atoms with van der Waals surface area (Å²) in [4.78, 5) is 0. The van der Waals surface area contributed by atoms with Crippen LogP contribution in [0.1, 0.15) is 42.6 Å². The van der Waals surface area contributed by atoms with Crippen molar-refractivity contribution in [2.75, 3.05) is 6.54 Å². The maximum Gasteiger partial charge on any atom is 0.0628 e. The highest BCUT2D eigenvalue weighted by Gasteiger charge is 2.15. The monoisotopic (exact) mass is 221 g/mol. The second-order valence-electron chi connectivity index (χ2n) is 4.96. The molecule has 0 aliphatic carbocycles. The summed E-state index contributed by atoms with van der Waals surface area (Å²) in [6, 6.07) is 0.729. The van der Waals surface area contributed by atoms with Crippen LogP contribution in [0.5, 0.6) is 0 Å². The van der Waals surface area contributed by atoms with Crippen molar-refractivity contribution in [1.29, 1.82) is 0 Å². The standard InChI is InChI=1S/C13H23N3/c1-10-13(11(2)16(3)15-10)8-7-12-6-4-5-9-14-12/h12,14H,4-9H2,1-3H3. The van der Waals surface area contributed by atoms with Crippen molar-refractivity contribution < 1.29 is 0 Å². The highest BCUT2D eigenvalue weighted by atomic mass is 15.3. The van der Waals surface area contributed by atoms with Gasteiger partial charge in [-0.25, -0.2) is 0 Å². The van der Waals surface area contributed by atoms with Gasteiger partial charge in [0.25, 0.3) is 0 Å². The van der Waals surface area contributed by atoms with E-state index in [2.05, 4.69) is 24.3 Å². The molecule has 1 aliphatic rings. The van der Waals surface area contributed by atoms with Gasteiger partial charge in [-0.2, -0.15) is 5.10 Å². The van der Waals surface area contributed by atoms with Crippen LogP contribution in [0.2, 0.25) is 0 Å². The van der Waals surface area contributed by atoms with E-state index < -0.39 is 0 Å². The van der Waals surface area contributed by atoms with E-state index in [1.165, 1.54) is 55.6 Å². The lowest BCUT2D eigenvalue weighted by Gasteiger charge is -2.23. The van der Waals surface area contributed by atoms with E-state index in [9.17, 15) is 0 Å². The van der Waals surface area contributed by atoms with Crippen molar-refractivity contribution in [1.82, 2.24) is 15.1 Å². The molecule has 0 amide bonds. The fourth-order valence-corrected chi connectivity index (χ4v) is 2.67. The Hall–Kier alpha value is -0.830. The number of hydrogen-bond acceptors (Lipinski definition) is 2. The molecule has 0 aromatic carbocycles. The van der Waals surface area contributed by atoms with Crippen LogP contribution in [-0.2, 0) is 13.5 Å². The fraction of sp³-hybridized carbons (Fsp3) is 0.769. The second-order valence-corrected chi connectivity index (χ2v) is 4.96. The Morgan fingerprint density at radius 2 is 2.19 bits per heavy atom. The Bertz CT molecular complexity index is 348. The van der Waals surface area contributed by atoms with Crippen LogP contribution < -0.4 is 5.32 Å². The van der Waals surface area contributed by atoms with Crippen molar-refractivity contribution in [2.24, 2.45) is 7.05 Å². The van der Waals surface area contributed by atoms with Crippen molar-refractivity contribution in [3.8, 4) is 0 Å². The first kappa shape index (κ1) is 11.6. The van der Waals surface area contributed by atoms with Gasteiger partial charge in [0.2, 0.25) is 0 Å². The molecule has 1 unspecified atom stereocenters. The van der Waals surface area contributed by atoms with Crippen LogP contribution in [0.3, 0.4) is 0 Å². The SMILES string of the molecule is Cc1nn(C)c(C)c1CCC1CCCCN1. The molecular formula is C13H23N3. The molecule has 1 aromatic rings. The smallest absolute Gasteiger partial charge is 0.0628 e. The molecule has 3 heteroatoms. The summed E-state index contributed by atoms with van der Waals surface area (Å²) in [6.07, 6.45) is 6.51. The van der Waals surface area contributed by atoms with E-state index in [0.29, 0.717) is 0 Å². The molecule has 1 aliphatic heterocycles. The first-order valence-electron chi connectivity index (χ1n) is 6.41. The maximum atomic E-state index is 4.47. The van der Waals surface area contributed by atoms with E-state index >= 15 is 0 Å². The fourth-order valence-electron chi connectivity index (χ4n) is 2.67. The summed E-state index contributed by atoms with van der Waals surface area (Å²) < 4.78 is 2.00. The summed E-state index contributed by atoms with van der Waals surface area (Å²) in [5, 5.41) is 8.08. The molecule has 0 spiro atoms. The Labute approximate surface area is 98.2 Å². The molecule has 0 radical (unpaired) electrons. The Balaban J connectivity index is 1.93. The van der Waals surface area contributed by atoms with E-state index in [0.717, 1.165) is 6.04 Å². The molecule has 1 fully saturated rings. The van der Waals surface area contributed by atoms with Gasteiger partial charge in [0.15, 0.2) is 0 Å². The number of aromatic nitrogens is 2. The number of rotatable bonds is 3. The average molecular weight is 221 g/mol. The maximum absolute atomic E-state index is 4.47. The molecule has 3 nitrogen and oxygen atoms in total. The van der Waals surface area contributed by atoms with Crippen LogP contribution in [0.25, 0.3) is 0 Å². The lowest BCUT2D eigenvalue weighted by molar-refractivity contribution is 0.382. The van der Waals surface area contributed by atoms with Crippen molar-refractivity contribution in [3.05, 3.63) is 17.0 Å². The first-order chi connectivity index (χ1) is 7.68. The molecule has 1 aromatic heterocycles. The first-order valence-corrected chi connectivity index (χ1v) is 6.41. The van der Waals surface area contributed by atoms with Gasteiger partial charge in [0.1, 0.15) is 0 Å². The lowest BCUT2D eigenvalue weighted by Crippen LogP contribution is -2.34. The predicted molar refractivity (Wildman–Crippen MR) is 66.6 cm³/mol. The molecule has 1 N–H and O–H groups in total. The second kappa shape index (κ2) is 5.00. The number of nitrogens with one attached hydrogen (secondary N) is 1. The summed E-state index contributed by atoms with van der Waals surface area (Å²) in [5.41, 5.74) is 3.99. The zero-order chi connectivity index (χ0) is 11.5. The van der Waals surface area contributed by atoms with E-state index in [-0.39, 0.29) is 0 Å². The summed E-state index contributed by atoms with van der Waals surface area (Å²) in [6.45, 7) is 5.50. The number of hydrogen-bond donors (Lipinski definition) is 1. The largest absolute Gasteiger partial charge is 0.314 e. The Morgan fingerprint density at radius 3 is 2.75 bits per heavy atom. The van der Waals surface area contributed by atoms with Crippen LogP contribution >= 0.6 is 0 Å². The molecule has 0 bridgehead atoms. The van der Waals surface area contributed by atoms with Crippen LogP contribution in [0.15, 0.2) is 0 Å². The van der Waals surface area contributed by atoms with Gasteiger partial charge in [-0.15, -0.1) is 0 Å². The molecule has 16 heavy (non-hydrogen) atoms. The Morgan fingerprint density at radius 1 is 1.38 bits per heavy atom. The van der Waals surface area contributed by atoms with Gasteiger partial charge in [0.05, 0.1) is 5.69 Å². The third-order valence-corrected chi connectivity index (χ3v) is 3.81. The summed E-state index contributed by atoms with van der Waals surface area (Å²) in [7, 11) is 2.03. The number of nitrogens with zero attached hydrogens (tertiary/aromatic N) is 2. The van der Waals surface area contributed by atoms with Gasteiger partial charge in [0, 0.05) is 18.8 Å². The number of aryl methyl sites for hydroxylation is 2. The third kappa shape index (κ3) is 2.46. The van der Waals surface area contributed by atoms with Crippen molar-refractivity contribution in [2.45, 2.75) is 52.0 Å². The van der Waals surface area contributed by atoms with E-state index in [1.54, 1.807) is 0 Å². The average Bonchev–Trinajstić information content (AvgIpc) is 2.53. The topological polar surface area (TPSA) is 29.9 Å². The van der Waals surface area contributed by atoms with Crippen molar-refractivity contribution >= 4 is 0 Å². The highest BCUT2D eigenvalue weighted by molar-refractivity contribution is 5.24. The molecule has 90 valence electrons. The molecule has 1 saturated heterocycles. The van der Waals surface area contributed by atoms with Gasteiger partial charge < -0.3 is 5.32 Å². The molecular weight excluding hydrogens is 198 g/mol. The van der Waals surface area contributed by atoms with Gasteiger partial charge >= 0.3 is 0 Å². The zero-order valence-electron chi connectivity index (χ0n) is 10.7.